The third-order valence-corrected chi connectivity index (χ3v) is 4.87. The lowest BCUT2D eigenvalue weighted by atomic mass is 9.98. The van der Waals surface area contributed by atoms with Crippen molar-refractivity contribution in [3.8, 4) is 0 Å². The van der Waals surface area contributed by atoms with E-state index in [4.69, 9.17) is 0 Å². The van der Waals surface area contributed by atoms with Gasteiger partial charge in [0, 0.05) is 6.04 Å². The molecule has 1 rings (SSSR count). The molecule has 1 saturated heterocycles. The molecule has 1 heterocycles. The second-order valence-electron chi connectivity index (χ2n) is 4.73. The lowest BCUT2D eigenvalue weighted by Gasteiger charge is -2.18. The van der Waals surface area contributed by atoms with Gasteiger partial charge in [-0.1, -0.05) is 20.8 Å². The fraction of sp³-hybridized carbons (Fsp3) is 1.00. The molecular weight excluding hydrogens is 198 g/mol. The molecule has 2 atom stereocenters. The molecule has 0 aromatic carbocycles. The molecule has 2 unspecified atom stereocenters. The molecule has 1 N–H and O–H groups in total. The van der Waals surface area contributed by atoms with Crippen molar-refractivity contribution in [1.82, 2.24) is 5.32 Å². The van der Waals surface area contributed by atoms with E-state index in [1.54, 1.807) is 0 Å². The Morgan fingerprint density at radius 3 is 2.43 bits per heavy atom. The van der Waals surface area contributed by atoms with Crippen LogP contribution in [-0.2, 0) is 9.84 Å². The molecule has 14 heavy (non-hydrogen) atoms. The summed E-state index contributed by atoms with van der Waals surface area (Å²) >= 11 is 0. The van der Waals surface area contributed by atoms with Crippen LogP contribution in [0.15, 0.2) is 0 Å². The molecule has 0 spiro atoms. The van der Waals surface area contributed by atoms with E-state index in [0.717, 1.165) is 13.0 Å². The SMILES string of the molecule is CC(C)C(C)CNC1CCS(=O)(=O)C1. The molecule has 0 radical (unpaired) electrons. The van der Waals surface area contributed by atoms with E-state index in [9.17, 15) is 8.42 Å². The topological polar surface area (TPSA) is 46.2 Å². The second kappa shape index (κ2) is 4.62. The van der Waals surface area contributed by atoms with Crippen LogP contribution in [0.5, 0.6) is 0 Å². The van der Waals surface area contributed by atoms with Crippen molar-refractivity contribution in [2.45, 2.75) is 33.2 Å². The smallest absolute Gasteiger partial charge is 0.151 e. The number of hydrogen-bond donors (Lipinski definition) is 1. The van der Waals surface area contributed by atoms with Crippen molar-refractivity contribution in [3.63, 3.8) is 0 Å². The summed E-state index contributed by atoms with van der Waals surface area (Å²) in [7, 11) is -2.73. The maximum Gasteiger partial charge on any atom is 0.151 e. The Hall–Kier alpha value is -0.0900. The highest BCUT2D eigenvalue weighted by Gasteiger charge is 2.27. The highest BCUT2D eigenvalue weighted by atomic mass is 32.2. The summed E-state index contributed by atoms with van der Waals surface area (Å²) in [5.74, 6) is 1.96. The van der Waals surface area contributed by atoms with Gasteiger partial charge in [0.05, 0.1) is 11.5 Å². The fourth-order valence-corrected chi connectivity index (χ4v) is 3.25. The molecule has 84 valence electrons. The normalized spacial score (nSPS) is 28.1. The molecule has 0 aliphatic carbocycles. The predicted octanol–water partition coefficient (Wildman–Crippen LogP) is 1.06. The molecule has 1 aliphatic rings. The molecule has 0 bridgehead atoms. The van der Waals surface area contributed by atoms with E-state index in [2.05, 4.69) is 26.1 Å². The second-order valence-corrected chi connectivity index (χ2v) is 6.96. The lowest BCUT2D eigenvalue weighted by Crippen LogP contribution is -2.34. The number of hydrogen-bond acceptors (Lipinski definition) is 3. The van der Waals surface area contributed by atoms with E-state index in [0.29, 0.717) is 23.3 Å². The van der Waals surface area contributed by atoms with Gasteiger partial charge in [-0.05, 0) is 24.8 Å². The van der Waals surface area contributed by atoms with Crippen LogP contribution in [0.4, 0.5) is 0 Å². The zero-order valence-electron chi connectivity index (χ0n) is 9.29. The first kappa shape index (κ1) is 12.0. The Balaban J connectivity index is 2.27. The van der Waals surface area contributed by atoms with E-state index in [1.807, 2.05) is 0 Å². The molecule has 0 saturated carbocycles. The van der Waals surface area contributed by atoms with Crippen molar-refractivity contribution in [2.24, 2.45) is 11.8 Å². The summed E-state index contributed by atoms with van der Waals surface area (Å²) in [5.41, 5.74) is 0. The van der Waals surface area contributed by atoms with Crippen molar-refractivity contribution in [3.05, 3.63) is 0 Å². The van der Waals surface area contributed by atoms with Crippen LogP contribution in [0.3, 0.4) is 0 Å². The van der Waals surface area contributed by atoms with Crippen LogP contribution in [-0.4, -0.2) is 32.5 Å². The van der Waals surface area contributed by atoms with Gasteiger partial charge in [-0.2, -0.15) is 0 Å². The van der Waals surface area contributed by atoms with Crippen LogP contribution >= 0.6 is 0 Å². The molecule has 0 aromatic rings. The molecule has 0 amide bonds. The molecular formula is C10H21NO2S. The van der Waals surface area contributed by atoms with Crippen molar-refractivity contribution in [2.75, 3.05) is 18.1 Å². The number of sulfone groups is 1. The molecule has 1 fully saturated rings. The largest absolute Gasteiger partial charge is 0.313 e. The van der Waals surface area contributed by atoms with Crippen LogP contribution in [0.25, 0.3) is 0 Å². The third kappa shape index (κ3) is 3.58. The minimum absolute atomic E-state index is 0.196. The van der Waals surface area contributed by atoms with Gasteiger partial charge in [0.25, 0.3) is 0 Å². The van der Waals surface area contributed by atoms with E-state index in [1.165, 1.54) is 0 Å². The zero-order chi connectivity index (χ0) is 10.8. The van der Waals surface area contributed by atoms with Gasteiger partial charge in [0.15, 0.2) is 9.84 Å². The van der Waals surface area contributed by atoms with Crippen LogP contribution in [0.2, 0.25) is 0 Å². The van der Waals surface area contributed by atoms with Gasteiger partial charge >= 0.3 is 0 Å². The van der Waals surface area contributed by atoms with E-state index in [-0.39, 0.29) is 6.04 Å². The zero-order valence-corrected chi connectivity index (χ0v) is 10.1. The lowest BCUT2D eigenvalue weighted by molar-refractivity contribution is 0.374. The third-order valence-electron chi connectivity index (χ3n) is 3.10. The molecule has 3 nitrogen and oxygen atoms in total. The van der Waals surface area contributed by atoms with Gasteiger partial charge in [0.1, 0.15) is 0 Å². The summed E-state index contributed by atoms with van der Waals surface area (Å²) in [5, 5.41) is 3.34. The maximum absolute atomic E-state index is 11.2. The van der Waals surface area contributed by atoms with Crippen molar-refractivity contribution in [1.29, 1.82) is 0 Å². The number of rotatable bonds is 4. The van der Waals surface area contributed by atoms with Crippen molar-refractivity contribution < 1.29 is 8.42 Å². The van der Waals surface area contributed by atoms with Gasteiger partial charge < -0.3 is 5.32 Å². The van der Waals surface area contributed by atoms with Gasteiger partial charge in [-0.3, -0.25) is 0 Å². The van der Waals surface area contributed by atoms with Gasteiger partial charge in [0.2, 0.25) is 0 Å². The quantitative estimate of drug-likeness (QED) is 0.769. The summed E-state index contributed by atoms with van der Waals surface area (Å²) in [4.78, 5) is 0. The Morgan fingerprint density at radius 2 is 2.00 bits per heavy atom. The Morgan fingerprint density at radius 1 is 1.36 bits per heavy atom. The van der Waals surface area contributed by atoms with Crippen LogP contribution < -0.4 is 5.32 Å². The molecule has 1 aliphatic heterocycles. The maximum atomic E-state index is 11.2. The first-order valence-corrected chi connectivity index (χ1v) is 7.16. The Bertz CT molecular complexity index is 272. The molecule has 4 heteroatoms. The summed E-state index contributed by atoms with van der Waals surface area (Å²) < 4.78 is 22.4. The Kier molecular flexibility index (Phi) is 3.95. The minimum Gasteiger partial charge on any atom is -0.313 e. The van der Waals surface area contributed by atoms with Gasteiger partial charge in [-0.25, -0.2) is 8.42 Å². The molecule has 0 aromatic heterocycles. The first-order chi connectivity index (χ1) is 6.41. The summed E-state index contributed by atoms with van der Waals surface area (Å²) in [6.45, 7) is 7.51. The standard InChI is InChI=1S/C10H21NO2S/c1-8(2)9(3)6-11-10-4-5-14(12,13)7-10/h8-11H,4-7H2,1-3H3. The monoisotopic (exact) mass is 219 g/mol. The van der Waals surface area contributed by atoms with Crippen LogP contribution in [0.1, 0.15) is 27.2 Å². The first-order valence-electron chi connectivity index (χ1n) is 5.34. The minimum atomic E-state index is -2.73. The predicted molar refractivity (Wildman–Crippen MR) is 59.1 cm³/mol. The average Bonchev–Trinajstić information content (AvgIpc) is 2.41. The van der Waals surface area contributed by atoms with Crippen molar-refractivity contribution >= 4 is 9.84 Å². The summed E-state index contributed by atoms with van der Waals surface area (Å²) in [6, 6.07) is 0.196. The highest BCUT2D eigenvalue weighted by Crippen LogP contribution is 2.13. The fourth-order valence-electron chi connectivity index (χ4n) is 1.54. The highest BCUT2D eigenvalue weighted by molar-refractivity contribution is 7.91. The van der Waals surface area contributed by atoms with Gasteiger partial charge in [-0.15, -0.1) is 0 Å². The number of nitrogens with one attached hydrogen (secondary N) is 1. The average molecular weight is 219 g/mol. The Labute approximate surface area is 87.2 Å². The van der Waals surface area contributed by atoms with E-state index < -0.39 is 9.84 Å². The van der Waals surface area contributed by atoms with E-state index >= 15 is 0 Å². The van der Waals surface area contributed by atoms with Crippen LogP contribution in [0, 0.1) is 11.8 Å². The summed E-state index contributed by atoms with van der Waals surface area (Å²) in [6.07, 6.45) is 0.785.